The molecule has 2 rings (SSSR count). The van der Waals surface area contributed by atoms with Gasteiger partial charge in [0.1, 0.15) is 11.6 Å². The lowest BCUT2D eigenvalue weighted by atomic mass is 10.3. The van der Waals surface area contributed by atoms with E-state index in [1.165, 1.54) is 6.07 Å². The van der Waals surface area contributed by atoms with Gasteiger partial charge in [0, 0.05) is 25.5 Å². The summed E-state index contributed by atoms with van der Waals surface area (Å²) in [5.74, 6) is 1.04. The fourth-order valence-corrected chi connectivity index (χ4v) is 2.48. The van der Waals surface area contributed by atoms with E-state index >= 15 is 0 Å². The Balaban J connectivity index is 2.55. The van der Waals surface area contributed by atoms with Crippen LogP contribution in [0, 0.1) is 5.82 Å². The van der Waals surface area contributed by atoms with Crippen LogP contribution in [0.4, 0.5) is 4.39 Å². The number of hydrogen-bond acceptors (Lipinski definition) is 2. The number of alkyl halides is 1. The van der Waals surface area contributed by atoms with Gasteiger partial charge in [0.05, 0.1) is 28.2 Å². The Labute approximate surface area is 124 Å². The van der Waals surface area contributed by atoms with Gasteiger partial charge in [-0.1, -0.05) is 0 Å². The van der Waals surface area contributed by atoms with Crippen molar-refractivity contribution in [2.75, 3.05) is 13.0 Å². The lowest BCUT2D eigenvalue weighted by Gasteiger charge is -2.13. The van der Waals surface area contributed by atoms with E-state index in [2.05, 4.69) is 20.9 Å². The largest absolute Gasteiger partial charge is 0.380 e. The zero-order valence-corrected chi connectivity index (χ0v) is 13.1. The summed E-state index contributed by atoms with van der Waals surface area (Å²) >= 11 is 8.98. The van der Waals surface area contributed by atoms with Gasteiger partial charge in [-0.2, -0.15) is 0 Å². The van der Waals surface area contributed by atoms with Crippen molar-refractivity contribution in [1.82, 2.24) is 9.55 Å². The van der Waals surface area contributed by atoms with Gasteiger partial charge in [-0.3, -0.25) is 0 Å². The summed E-state index contributed by atoms with van der Waals surface area (Å²) in [6.07, 6.45) is 0.671. The van der Waals surface area contributed by atoms with E-state index in [4.69, 9.17) is 16.3 Å². The van der Waals surface area contributed by atoms with Crippen LogP contribution < -0.4 is 0 Å². The van der Waals surface area contributed by atoms with Crippen LogP contribution in [-0.2, 0) is 17.7 Å². The number of ether oxygens (including phenoxy) is 1. The Kier molecular flexibility index (Phi) is 4.81. The molecule has 0 N–H and O–H groups in total. The molecule has 2 aromatic rings. The molecule has 0 aliphatic heterocycles. The second-order valence-electron chi connectivity index (χ2n) is 4.38. The van der Waals surface area contributed by atoms with Crippen LogP contribution >= 0.6 is 27.5 Å². The number of methoxy groups -OCH3 is 1. The molecule has 19 heavy (non-hydrogen) atoms. The number of hydrogen-bond donors (Lipinski definition) is 0. The van der Waals surface area contributed by atoms with Crippen LogP contribution in [-0.4, -0.2) is 28.6 Å². The van der Waals surface area contributed by atoms with Gasteiger partial charge in [0.15, 0.2) is 0 Å². The van der Waals surface area contributed by atoms with Crippen LogP contribution in [0.3, 0.4) is 0 Å². The fourth-order valence-electron chi connectivity index (χ4n) is 1.98. The van der Waals surface area contributed by atoms with E-state index in [9.17, 15) is 4.39 Å². The molecule has 0 radical (unpaired) electrons. The van der Waals surface area contributed by atoms with Crippen LogP contribution in [0.25, 0.3) is 11.0 Å². The Morgan fingerprint density at radius 2 is 2.26 bits per heavy atom. The molecule has 6 heteroatoms. The number of halogens is 3. The summed E-state index contributed by atoms with van der Waals surface area (Å²) in [5.41, 5.74) is 1.53. The van der Waals surface area contributed by atoms with Gasteiger partial charge in [0.25, 0.3) is 0 Å². The van der Waals surface area contributed by atoms with Gasteiger partial charge in [-0.25, -0.2) is 9.37 Å². The zero-order chi connectivity index (χ0) is 14.0. The molecule has 104 valence electrons. The van der Waals surface area contributed by atoms with Crippen molar-refractivity contribution in [2.45, 2.75) is 26.0 Å². The molecular formula is C13H15BrClFN2O. The number of aryl methyl sites for hydroxylation is 1. The van der Waals surface area contributed by atoms with E-state index in [0.717, 1.165) is 16.9 Å². The third kappa shape index (κ3) is 3.09. The summed E-state index contributed by atoms with van der Waals surface area (Å²) < 4.78 is 21.4. The Morgan fingerprint density at radius 1 is 1.53 bits per heavy atom. The first-order chi connectivity index (χ1) is 9.06. The highest BCUT2D eigenvalue weighted by Crippen LogP contribution is 2.25. The molecule has 0 aliphatic rings. The van der Waals surface area contributed by atoms with Crippen molar-refractivity contribution in [3.8, 4) is 0 Å². The minimum absolute atomic E-state index is 0.0261. The topological polar surface area (TPSA) is 27.1 Å². The quantitative estimate of drug-likeness (QED) is 0.769. The van der Waals surface area contributed by atoms with Gasteiger partial charge < -0.3 is 9.30 Å². The van der Waals surface area contributed by atoms with Gasteiger partial charge in [-0.05, 0) is 28.9 Å². The van der Waals surface area contributed by atoms with Crippen molar-refractivity contribution in [3.63, 3.8) is 0 Å². The first kappa shape index (κ1) is 14.8. The van der Waals surface area contributed by atoms with Crippen molar-refractivity contribution < 1.29 is 9.13 Å². The van der Waals surface area contributed by atoms with E-state index in [1.54, 1.807) is 13.2 Å². The predicted octanol–water partition coefficient (Wildman–Crippen LogP) is 3.75. The molecule has 0 spiro atoms. The highest BCUT2D eigenvalue weighted by Gasteiger charge is 2.15. The molecular weight excluding hydrogens is 335 g/mol. The number of rotatable bonds is 5. The first-order valence-corrected chi connectivity index (χ1v) is 7.32. The first-order valence-electron chi connectivity index (χ1n) is 5.99. The van der Waals surface area contributed by atoms with Crippen LogP contribution in [0.1, 0.15) is 12.7 Å². The van der Waals surface area contributed by atoms with Crippen LogP contribution in [0.5, 0.6) is 0 Å². The Hall–Kier alpha value is -0.650. The maximum absolute atomic E-state index is 13.7. The maximum Gasteiger partial charge on any atom is 0.139 e. The number of aromatic nitrogens is 2. The van der Waals surface area contributed by atoms with Crippen molar-refractivity contribution in [3.05, 3.63) is 28.2 Å². The fraction of sp³-hybridized carbons (Fsp3) is 0.462. The number of benzene rings is 1. The summed E-state index contributed by atoms with van der Waals surface area (Å²) in [5, 5.41) is 0. The summed E-state index contributed by atoms with van der Waals surface area (Å²) in [6, 6.07) is 3.18. The summed E-state index contributed by atoms with van der Waals surface area (Å²) in [7, 11) is 1.65. The number of fused-ring (bicyclic) bond motifs is 1. The monoisotopic (exact) mass is 348 g/mol. The molecule has 0 amide bonds. The highest BCUT2D eigenvalue weighted by atomic mass is 79.9. The van der Waals surface area contributed by atoms with E-state index in [1.807, 2.05) is 11.5 Å². The normalized spacial score (nSPS) is 13.1. The standard InChI is InChI=1S/C13H15BrClFN2O/c1-8(19-2)7-18-12-6-10(16)9(14)5-11(12)17-13(18)3-4-15/h5-6,8H,3-4,7H2,1-2H3. The minimum atomic E-state index is -0.295. The van der Waals surface area contributed by atoms with Crippen LogP contribution in [0.15, 0.2) is 16.6 Å². The molecule has 0 saturated heterocycles. The van der Waals surface area contributed by atoms with E-state index in [-0.39, 0.29) is 11.9 Å². The average molecular weight is 350 g/mol. The Bertz CT molecular complexity index is 588. The predicted molar refractivity (Wildman–Crippen MR) is 78.3 cm³/mol. The van der Waals surface area contributed by atoms with Crippen molar-refractivity contribution >= 4 is 38.6 Å². The lowest BCUT2D eigenvalue weighted by Crippen LogP contribution is -2.17. The second-order valence-corrected chi connectivity index (χ2v) is 5.61. The third-order valence-corrected chi connectivity index (χ3v) is 3.83. The SMILES string of the molecule is COC(C)Cn1c(CCCl)nc2cc(Br)c(F)cc21. The van der Waals surface area contributed by atoms with Crippen molar-refractivity contribution in [1.29, 1.82) is 0 Å². The van der Waals surface area contributed by atoms with E-state index < -0.39 is 0 Å². The highest BCUT2D eigenvalue weighted by molar-refractivity contribution is 9.10. The molecule has 0 fully saturated rings. The molecule has 3 nitrogen and oxygen atoms in total. The van der Waals surface area contributed by atoms with Gasteiger partial charge in [-0.15, -0.1) is 11.6 Å². The third-order valence-electron chi connectivity index (χ3n) is 3.03. The molecule has 1 unspecified atom stereocenters. The number of nitrogens with zero attached hydrogens (tertiary/aromatic N) is 2. The van der Waals surface area contributed by atoms with Gasteiger partial charge in [0.2, 0.25) is 0 Å². The minimum Gasteiger partial charge on any atom is -0.380 e. The zero-order valence-electron chi connectivity index (χ0n) is 10.8. The average Bonchev–Trinajstić information content (AvgIpc) is 2.68. The summed E-state index contributed by atoms with van der Waals surface area (Å²) in [4.78, 5) is 4.52. The van der Waals surface area contributed by atoms with Crippen LogP contribution in [0.2, 0.25) is 0 Å². The molecule has 1 aromatic heterocycles. The lowest BCUT2D eigenvalue weighted by molar-refractivity contribution is 0.103. The second kappa shape index (κ2) is 6.20. The molecule has 0 saturated carbocycles. The Morgan fingerprint density at radius 3 is 2.89 bits per heavy atom. The van der Waals surface area contributed by atoms with Crippen molar-refractivity contribution in [2.24, 2.45) is 0 Å². The molecule has 1 heterocycles. The molecule has 0 bridgehead atoms. The summed E-state index contributed by atoms with van der Waals surface area (Å²) in [6.45, 7) is 2.59. The molecule has 0 aliphatic carbocycles. The van der Waals surface area contributed by atoms with E-state index in [0.29, 0.717) is 23.3 Å². The number of imidazole rings is 1. The smallest absolute Gasteiger partial charge is 0.139 e. The molecule has 1 aromatic carbocycles. The maximum atomic E-state index is 13.7. The van der Waals surface area contributed by atoms with Gasteiger partial charge >= 0.3 is 0 Å². The molecule has 1 atom stereocenters.